The summed E-state index contributed by atoms with van der Waals surface area (Å²) in [5.41, 5.74) is 2.88. The van der Waals surface area contributed by atoms with E-state index in [1.807, 2.05) is 31.2 Å². The Morgan fingerprint density at radius 3 is 2.34 bits per heavy atom. The minimum atomic E-state index is -3.86. The fourth-order valence-corrected chi connectivity index (χ4v) is 6.43. The first-order valence-electron chi connectivity index (χ1n) is 12.9. The molecule has 0 aliphatic carbocycles. The molecule has 200 valence electrons. The van der Waals surface area contributed by atoms with Crippen molar-refractivity contribution >= 4 is 33.2 Å². The Balaban J connectivity index is 1.43. The van der Waals surface area contributed by atoms with Gasteiger partial charge in [-0.2, -0.15) is 0 Å². The van der Waals surface area contributed by atoms with Gasteiger partial charge < -0.3 is 15.5 Å². The summed E-state index contributed by atoms with van der Waals surface area (Å²) in [6, 6.07) is 19.9. The zero-order chi connectivity index (χ0) is 27.3. The van der Waals surface area contributed by atoms with E-state index in [2.05, 4.69) is 29.4 Å². The summed E-state index contributed by atoms with van der Waals surface area (Å²) < 4.78 is 28.5. The molecule has 2 N–H and O–H groups in total. The molecule has 1 atom stereocenters. The zero-order valence-corrected chi connectivity index (χ0v) is 22.8. The van der Waals surface area contributed by atoms with Crippen molar-refractivity contribution in [1.82, 2.24) is 10.2 Å². The van der Waals surface area contributed by atoms with E-state index in [9.17, 15) is 18.0 Å². The van der Waals surface area contributed by atoms with Crippen LogP contribution in [0.1, 0.15) is 47.1 Å². The summed E-state index contributed by atoms with van der Waals surface area (Å²) in [5.74, 6) is -0.612. The first kappa shape index (κ1) is 27.3. The molecular formula is C29H34N4O4S. The third-order valence-electron chi connectivity index (χ3n) is 6.81. The number of para-hydroxylation sites is 1. The standard InChI is InChI=1S/C29H34N4O4S/c1-4-32(5-2)18-17-30-28(34)22-13-15-25(16-14-22)31-29(35)24-10-8-11-26(20-24)38(36,37)33-21(3)19-23-9-6-7-12-27(23)33/h6-16,20-21H,4-5,17-19H2,1-3H3,(H,30,34)(H,31,35)/t21-/m1/s1. The van der Waals surface area contributed by atoms with Crippen LogP contribution in [0.4, 0.5) is 11.4 Å². The summed E-state index contributed by atoms with van der Waals surface area (Å²) in [5, 5.41) is 5.69. The predicted octanol–water partition coefficient (Wildman–Crippen LogP) is 4.15. The van der Waals surface area contributed by atoms with Gasteiger partial charge in [0.15, 0.2) is 0 Å². The van der Waals surface area contributed by atoms with E-state index in [1.54, 1.807) is 36.4 Å². The highest BCUT2D eigenvalue weighted by atomic mass is 32.2. The van der Waals surface area contributed by atoms with Crippen molar-refractivity contribution in [2.45, 2.75) is 38.1 Å². The van der Waals surface area contributed by atoms with Gasteiger partial charge in [-0.05, 0) is 80.5 Å². The van der Waals surface area contributed by atoms with Gasteiger partial charge in [-0.15, -0.1) is 0 Å². The first-order chi connectivity index (χ1) is 18.2. The molecular weight excluding hydrogens is 500 g/mol. The van der Waals surface area contributed by atoms with Crippen LogP contribution in [0, 0.1) is 0 Å². The average Bonchev–Trinajstić information content (AvgIpc) is 3.28. The van der Waals surface area contributed by atoms with E-state index in [-0.39, 0.29) is 22.4 Å². The molecule has 0 saturated carbocycles. The number of rotatable bonds is 10. The highest BCUT2D eigenvalue weighted by Gasteiger charge is 2.36. The number of anilines is 2. The van der Waals surface area contributed by atoms with Gasteiger partial charge in [0.25, 0.3) is 21.8 Å². The Labute approximate surface area is 224 Å². The van der Waals surface area contributed by atoms with Crippen molar-refractivity contribution in [2.75, 3.05) is 35.8 Å². The highest BCUT2D eigenvalue weighted by Crippen LogP contribution is 2.36. The number of sulfonamides is 1. The summed E-state index contributed by atoms with van der Waals surface area (Å²) in [6.07, 6.45) is 0.638. The quantitative estimate of drug-likeness (QED) is 0.407. The lowest BCUT2D eigenvalue weighted by Crippen LogP contribution is -2.35. The highest BCUT2D eigenvalue weighted by molar-refractivity contribution is 7.92. The number of nitrogens with zero attached hydrogens (tertiary/aromatic N) is 2. The van der Waals surface area contributed by atoms with Gasteiger partial charge in [-0.1, -0.05) is 38.1 Å². The van der Waals surface area contributed by atoms with Gasteiger partial charge in [0.05, 0.1) is 10.6 Å². The molecule has 4 rings (SSSR count). The summed E-state index contributed by atoms with van der Waals surface area (Å²) >= 11 is 0. The minimum Gasteiger partial charge on any atom is -0.351 e. The Kier molecular flexibility index (Phi) is 8.48. The molecule has 9 heteroatoms. The van der Waals surface area contributed by atoms with Crippen LogP contribution in [0.25, 0.3) is 0 Å². The van der Waals surface area contributed by atoms with Crippen LogP contribution in [0.2, 0.25) is 0 Å². The van der Waals surface area contributed by atoms with E-state index in [0.29, 0.717) is 29.9 Å². The van der Waals surface area contributed by atoms with E-state index in [4.69, 9.17) is 0 Å². The van der Waals surface area contributed by atoms with Gasteiger partial charge in [0, 0.05) is 35.9 Å². The van der Waals surface area contributed by atoms with Crippen molar-refractivity contribution in [3.05, 3.63) is 89.5 Å². The van der Waals surface area contributed by atoms with Gasteiger partial charge in [0.2, 0.25) is 0 Å². The molecule has 0 saturated heterocycles. The molecule has 2 amide bonds. The molecule has 0 aromatic heterocycles. The lowest BCUT2D eigenvalue weighted by Gasteiger charge is -2.24. The number of fused-ring (bicyclic) bond motifs is 1. The van der Waals surface area contributed by atoms with Crippen LogP contribution in [0.3, 0.4) is 0 Å². The lowest BCUT2D eigenvalue weighted by atomic mass is 10.1. The monoisotopic (exact) mass is 534 g/mol. The molecule has 0 bridgehead atoms. The fourth-order valence-electron chi connectivity index (χ4n) is 4.69. The van der Waals surface area contributed by atoms with Crippen LogP contribution in [0.5, 0.6) is 0 Å². The average molecular weight is 535 g/mol. The second kappa shape index (κ2) is 11.8. The Morgan fingerprint density at radius 1 is 0.921 bits per heavy atom. The topological polar surface area (TPSA) is 98.8 Å². The van der Waals surface area contributed by atoms with Crippen LogP contribution >= 0.6 is 0 Å². The largest absolute Gasteiger partial charge is 0.351 e. The van der Waals surface area contributed by atoms with Gasteiger partial charge >= 0.3 is 0 Å². The maximum atomic E-state index is 13.5. The third-order valence-corrected chi connectivity index (χ3v) is 8.73. The Morgan fingerprint density at radius 2 is 1.63 bits per heavy atom. The van der Waals surface area contributed by atoms with Crippen molar-refractivity contribution in [3.63, 3.8) is 0 Å². The van der Waals surface area contributed by atoms with Crippen LogP contribution in [-0.4, -0.2) is 57.4 Å². The molecule has 1 aliphatic heterocycles. The second-order valence-electron chi connectivity index (χ2n) is 9.32. The number of carbonyl (C=O) groups is 2. The van der Waals surface area contributed by atoms with E-state index < -0.39 is 15.9 Å². The maximum Gasteiger partial charge on any atom is 0.264 e. The molecule has 0 unspecified atom stereocenters. The summed E-state index contributed by atoms with van der Waals surface area (Å²) in [6.45, 7) is 9.25. The molecule has 1 heterocycles. The molecule has 0 radical (unpaired) electrons. The van der Waals surface area contributed by atoms with Crippen molar-refractivity contribution in [1.29, 1.82) is 0 Å². The smallest absolute Gasteiger partial charge is 0.264 e. The second-order valence-corrected chi connectivity index (χ2v) is 11.1. The van der Waals surface area contributed by atoms with Crippen LogP contribution < -0.4 is 14.9 Å². The van der Waals surface area contributed by atoms with Crippen molar-refractivity contribution in [2.24, 2.45) is 0 Å². The van der Waals surface area contributed by atoms with Crippen LogP contribution in [0.15, 0.2) is 77.7 Å². The maximum absolute atomic E-state index is 13.5. The number of hydrogen-bond acceptors (Lipinski definition) is 5. The first-order valence-corrected chi connectivity index (χ1v) is 14.3. The van der Waals surface area contributed by atoms with Crippen molar-refractivity contribution < 1.29 is 18.0 Å². The van der Waals surface area contributed by atoms with E-state index in [0.717, 1.165) is 25.2 Å². The molecule has 38 heavy (non-hydrogen) atoms. The molecule has 8 nitrogen and oxygen atoms in total. The van der Waals surface area contributed by atoms with E-state index >= 15 is 0 Å². The molecule has 1 aliphatic rings. The number of hydrogen-bond donors (Lipinski definition) is 2. The lowest BCUT2D eigenvalue weighted by molar-refractivity contribution is 0.0948. The van der Waals surface area contributed by atoms with Gasteiger partial charge in [-0.25, -0.2) is 8.42 Å². The minimum absolute atomic E-state index is 0.0606. The van der Waals surface area contributed by atoms with Crippen LogP contribution in [-0.2, 0) is 16.4 Å². The SMILES string of the molecule is CCN(CC)CCNC(=O)c1ccc(NC(=O)c2cccc(S(=O)(=O)N3c4ccccc4C[C@H]3C)c2)cc1. The Hall–Kier alpha value is -3.69. The molecule has 0 fully saturated rings. The molecule has 0 spiro atoms. The third kappa shape index (κ3) is 5.89. The number of carbonyl (C=O) groups excluding carboxylic acids is 2. The predicted molar refractivity (Wildman–Crippen MR) is 150 cm³/mol. The summed E-state index contributed by atoms with van der Waals surface area (Å²) in [4.78, 5) is 27.7. The fraction of sp³-hybridized carbons (Fsp3) is 0.310. The van der Waals surface area contributed by atoms with Gasteiger partial charge in [-0.3, -0.25) is 13.9 Å². The number of likely N-dealkylation sites (N-methyl/N-ethyl adjacent to an activating group) is 1. The molecule has 3 aromatic rings. The Bertz CT molecular complexity index is 1400. The number of nitrogens with one attached hydrogen (secondary N) is 2. The number of amides is 2. The van der Waals surface area contributed by atoms with Gasteiger partial charge in [0.1, 0.15) is 0 Å². The summed E-state index contributed by atoms with van der Waals surface area (Å²) in [7, 11) is -3.86. The molecule has 3 aromatic carbocycles. The normalized spacial score (nSPS) is 14.8. The zero-order valence-electron chi connectivity index (χ0n) is 22.0. The number of benzene rings is 3. The van der Waals surface area contributed by atoms with E-state index in [1.165, 1.54) is 16.4 Å². The van der Waals surface area contributed by atoms with Crippen molar-refractivity contribution in [3.8, 4) is 0 Å².